The fourth-order valence-electron chi connectivity index (χ4n) is 2.07. The van der Waals surface area contributed by atoms with Gasteiger partial charge in [0.15, 0.2) is 23.0 Å². The molecule has 2 aromatic carbocycles. The van der Waals surface area contributed by atoms with E-state index >= 15 is 0 Å². The van der Waals surface area contributed by atoms with Crippen molar-refractivity contribution < 1.29 is 24.4 Å². The average Bonchev–Trinajstić information content (AvgIpc) is 2.62. The van der Waals surface area contributed by atoms with Gasteiger partial charge >= 0.3 is 0 Å². The van der Waals surface area contributed by atoms with Gasteiger partial charge in [-0.1, -0.05) is 0 Å². The molecule has 2 N–H and O–H groups in total. The second kappa shape index (κ2) is 8.58. The molecule has 0 aliphatic carbocycles. The number of methoxy groups -OCH3 is 2. The topological polar surface area (TPSA) is 92.9 Å². The fourth-order valence-corrected chi connectivity index (χ4v) is 2.07. The highest BCUT2D eigenvalue weighted by atomic mass is 16.5. The molecule has 7 nitrogen and oxygen atoms in total. The van der Waals surface area contributed by atoms with Crippen LogP contribution in [0.3, 0.4) is 0 Å². The van der Waals surface area contributed by atoms with E-state index in [2.05, 4.69) is 10.2 Å². The number of benzene rings is 2. The molecular formula is C18H20N2O5. The van der Waals surface area contributed by atoms with Crippen molar-refractivity contribution in [1.29, 1.82) is 0 Å². The van der Waals surface area contributed by atoms with Gasteiger partial charge in [0, 0.05) is 5.56 Å². The fraction of sp³-hybridized carbons (Fsp3) is 0.222. The van der Waals surface area contributed by atoms with Crippen LogP contribution >= 0.6 is 0 Å². The monoisotopic (exact) mass is 344 g/mol. The molecule has 7 heteroatoms. The molecule has 0 bridgehead atoms. The van der Waals surface area contributed by atoms with E-state index in [-0.39, 0.29) is 23.0 Å². The second-order valence-corrected chi connectivity index (χ2v) is 4.92. The molecule has 2 aromatic rings. The Balaban J connectivity index is 2.15. The van der Waals surface area contributed by atoms with E-state index in [1.807, 2.05) is 6.92 Å². The van der Waals surface area contributed by atoms with Crippen molar-refractivity contribution in [2.24, 2.45) is 10.2 Å². The zero-order chi connectivity index (χ0) is 18.2. The largest absolute Gasteiger partial charge is 0.504 e. The predicted octanol–water partition coefficient (Wildman–Crippen LogP) is 2.97. The zero-order valence-corrected chi connectivity index (χ0v) is 14.3. The van der Waals surface area contributed by atoms with Crippen molar-refractivity contribution in [3.63, 3.8) is 0 Å². The van der Waals surface area contributed by atoms with Crippen LogP contribution in [-0.2, 0) is 0 Å². The molecule has 0 saturated heterocycles. The lowest BCUT2D eigenvalue weighted by molar-refractivity contribution is 0.318. The van der Waals surface area contributed by atoms with Gasteiger partial charge in [0.05, 0.1) is 33.3 Å². The first kappa shape index (κ1) is 18.1. The second-order valence-electron chi connectivity index (χ2n) is 4.92. The van der Waals surface area contributed by atoms with Gasteiger partial charge in [0.2, 0.25) is 5.75 Å². The van der Waals surface area contributed by atoms with Crippen LogP contribution in [0.25, 0.3) is 0 Å². The quantitative estimate of drug-likeness (QED) is 0.595. The van der Waals surface area contributed by atoms with Crippen LogP contribution in [0.15, 0.2) is 40.5 Å². The van der Waals surface area contributed by atoms with Gasteiger partial charge in [0.25, 0.3) is 0 Å². The maximum absolute atomic E-state index is 9.87. The molecule has 0 radical (unpaired) electrons. The molecule has 0 fully saturated rings. The predicted molar refractivity (Wildman–Crippen MR) is 95.7 cm³/mol. The van der Waals surface area contributed by atoms with Crippen LogP contribution in [0.2, 0.25) is 0 Å². The molecule has 0 aliphatic heterocycles. The first-order valence-corrected chi connectivity index (χ1v) is 7.56. The van der Waals surface area contributed by atoms with Crippen LogP contribution in [0.4, 0.5) is 0 Å². The number of hydrogen-bond acceptors (Lipinski definition) is 7. The molecule has 132 valence electrons. The Hall–Kier alpha value is -3.22. The Morgan fingerprint density at radius 2 is 1.44 bits per heavy atom. The first-order valence-electron chi connectivity index (χ1n) is 7.56. The molecular weight excluding hydrogens is 324 g/mol. The maximum atomic E-state index is 9.87. The molecule has 25 heavy (non-hydrogen) atoms. The molecule has 0 atom stereocenters. The van der Waals surface area contributed by atoms with Crippen LogP contribution in [0.5, 0.6) is 28.7 Å². The normalized spacial score (nSPS) is 11.2. The minimum atomic E-state index is -0.0711. The minimum absolute atomic E-state index is 0.0711. The standard InChI is InChI=1S/C18H20N2O5/c1-4-25-15-7-12(5-6-14(15)21)10-19-20-11-13-8-16(23-2)18(22)17(9-13)24-3/h5-11,21-22H,4H2,1-3H3/b19-10+,20-11+. The van der Waals surface area contributed by atoms with Crippen molar-refractivity contribution in [2.45, 2.75) is 6.92 Å². The van der Waals surface area contributed by atoms with E-state index in [0.29, 0.717) is 17.9 Å². The highest BCUT2D eigenvalue weighted by Gasteiger charge is 2.10. The lowest BCUT2D eigenvalue weighted by atomic mass is 10.2. The van der Waals surface area contributed by atoms with Crippen molar-refractivity contribution in [3.05, 3.63) is 41.5 Å². The zero-order valence-electron chi connectivity index (χ0n) is 14.3. The summed E-state index contributed by atoms with van der Waals surface area (Å²) >= 11 is 0. The number of phenols is 2. The minimum Gasteiger partial charge on any atom is -0.504 e. The molecule has 2 rings (SSSR count). The van der Waals surface area contributed by atoms with E-state index in [9.17, 15) is 10.2 Å². The summed E-state index contributed by atoms with van der Waals surface area (Å²) in [6.07, 6.45) is 3.04. The lowest BCUT2D eigenvalue weighted by Crippen LogP contribution is -1.93. The average molecular weight is 344 g/mol. The third-order valence-corrected chi connectivity index (χ3v) is 3.27. The number of hydrogen-bond donors (Lipinski definition) is 2. The van der Waals surface area contributed by atoms with Crippen molar-refractivity contribution in [1.82, 2.24) is 0 Å². The SMILES string of the molecule is CCOc1cc(/C=N/N=C/c2cc(OC)c(O)c(OC)c2)ccc1O. The van der Waals surface area contributed by atoms with Crippen LogP contribution in [0, 0.1) is 0 Å². The molecule has 0 heterocycles. The molecule has 0 spiro atoms. The smallest absolute Gasteiger partial charge is 0.200 e. The summed E-state index contributed by atoms with van der Waals surface area (Å²) in [5.74, 6) is 0.960. The van der Waals surface area contributed by atoms with E-state index in [0.717, 1.165) is 5.56 Å². The van der Waals surface area contributed by atoms with Gasteiger partial charge in [-0.2, -0.15) is 10.2 Å². The lowest BCUT2D eigenvalue weighted by Gasteiger charge is -2.08. The van der Waals surface area contributed by atoms with Crippen LogP contribution < -0.4 is 14.2 Å². The van der Waals surface area contributed by atoms with Gasteiger partial charge in [-0.25, -0.2) is 0 Å². The summed E-state index contributed by atoms with van der Waals surface area (Å²) in [5, 5.41) is 27.5. The Labute approximate surface area is 145 Å². The van der Waals surface area contributed by atoms with Gasteiger partial charge in [-0.3, -0.25) is 0 Å². The molecule has 0 aliphatic rings. The summed E-state index contributed by atoms with van der Waals surface area (Å²) in [5.41, 5.74) is 1.39. The third kappa shape index (κ3) is 4.63. The molecule has 0 amide bonds. The molecule has 0 unspecified atom stereocenters. The van der Waals surface area contributed by atoms with Gasteiger partial charge < -0.3 is 24.4 Å². The molecule has 0 saturated carbocycles. The summed E-state index contributed by atoms with van der Waals surface area (Å²) in [6.45, 7) is 2.29. The molecule has 0 aromatic heterocycles. The summed E-state index contributed by atoms with van der Waals surface area (Å²) < 4.78 is 15.5. The Bertz CT molecular complexity index is 762. The number of phenolic OH excluding ortho intramolecular Hbond substituents is 2. The number of nitrogens with zero attached hydrogens (tertiary/aromatic N) is 2. The van der Waals surface area contributed by atoms with Crippen LogP contribution in [0.1, 0.15) is 18.1 Å². The Morgan fingerprint density at radius 1 is 0.880 bits per heavy atom. The van der Waals surface area contributed by atoms with Crippen molar-refractivity contribution in [2.75, 3.05) is 20.8 Å². The highest BCUT2D eigenvalue weighted by molar-refractivity contribution is 5.84. The van der Waals surface area contributed by atoms with Crippen molar-refractivity contribution in [3.8, 4) is 28.7 Å². The van der Waals surface area contributed by atoms with Crippen molar-refractivity contribution >= 4 is 12.4 Å². The number of aromatic hydroxyl groups is 2. The number of rotatable bonds is 7. The highest BCUT2D eigenvalue weighted by Crippen LogP contribution is 2.36. The summed E-state index contributed by atoms with van der Waals surface area (Å²) in [7, 11) is 2.91. The number of ether oxygens (including phenoxy) is 3. The first-order chi connectivity index (χ1) is 12.1. The Kier molecular flexibility index (Phi) is 6.22. The Morgan fingerprint density at radius 3 is 2.00 bits per heavy atom. The van der Waals surface area contributed by atoms with E-state index in [4.69, 9.17) is 14.2 Å². The van der Waals surface area contributed by atoms with Gasteiger partial charge in [-0.15, -0.1) is 0 Å². The van der Waals surface area contributed by atoms with Gasteiger partial charge in [0.1, 0.15) is 0 Å². The summed E-state index contributed by atoms with van der Waals surface area (Å²) in [4.78, 5) is 0. The van der Waals surface area contributed by atoms with Gasteiger partial charge in [-0.05, 0) is 42.8 Å². The third-order valence-electron chi connectivity index (χ3n) is 3.27. The van der Waals surface area contributed by atoms with E-state index in [1.165, 1.54) is 32.7 Å². The maximum Gasteiger partial charge on any atom is 0.200 e. The summed E-state index contributed by atoms with van der Waals surface area (Å²) in [6, 6.07) is 8.13. The van der Waals surface area contributed by atoms with E-state index < -0.39 is 0 Å². The van der Waals surface area contributed by atoms with Crippen LogP contribution in [-0.4, -0.2) is 43.5 Å². The van der Waals surface area contributed by atoms with E-state index in [1.54, 1.807) is 24.3 Å².